The first-order valence-corrected chi connectivity index (χ1v) is 43.8. The number of benzene rings is 5. The predicted octanol–water partition coefficient (Wildman–Crippen LogP) is 9.46. The molecule has 30 heteroatoms. The van der Waals surface area contributed by atoms with Gasteiger partial charge < -0.3 is 56.1 Å². The number of alkyl halides is 1. The van der Waals surface area contributed by atoms with Gasteiger partial charge in [0.05, 0.1) is 40.7 Å². The van der Waals surface area contributed by atoms with E-state index in [1.54, 1.807) is 41.5 Å². The van der Waals surface area contributed by atoms with Crippen molar-refractivity contribution in [2.75, 3.05) is 87.7 Å². The molecule has 9 fully saturated rings. The van der Waals surface area contributed by atoms with Crippen molar-refractivity contribution >= 4 is 112 Å². The van der Waals surface area contributed by atoms with Gasteiger partial charge in [0.2, 0.25) is 21.7 Å². The third kappa shape index (κ3) is 30.8. The zero-order chi connectivity index (χ0) is 83.7. The fourth-order valence-electron chi connectivity index (χ4n) is 16.6. The minimum absolute atomic E-state index is 0. The van der Waals surface area contributed by atoms with Gasteiger partial charge in [0, 0.05) is 163 Å². The minimum Gasteiger partial charge on any atom is -1.00 e. The minimum atomic E-state index is -1.67. The Labute approximate surface area is 776 Å². The van der Waals surface area contributed by atoms with Crippen LogP contribution in [0.25, 0.3) is 33.9 Å². The molecule has 25 rings (SSSR count). The van der Waals surface area contributed by atoms with Crippen molar-refractivity contribution in [3.63, 3.8) is 0 Å². The Morgan fingerprint density at radius 2 is 0.944 bits per heavy atom. The number of nitrogens with two attached hydrogens (primary N) is 5. The van der Waals surface area contributed by atoms with Crippen LogP contribution in [-0.2, 0) is 46.3 Å². The van der Waals surface area contributed by atoms with Crippen molar-refractivity contribution in [1.29, 1.82) is 0 Å². The summed E-state index contributed by atoms with van der Waals surface area (Å²) in [6.45, 7) is 12.9. The van der Waals surface area contributed by atoms with Crippen LogP contribution in [0.15, 0.2) is 248 Å². The standard InChI is InChI=1S/C17H19N3.C17H17NO.C16H15ClN2.C14H15NO.C7H8N2O.C7H11NO.C7H6O.C5H5N.C2H4ClNO.2CH4.Cl2OS.ClH.Db.H4N2.Na.H2O.H/c18-11-14-10-15(12-4-2-1-3-5-12)17-16(19-14)13-6-8-20(17)9-7-13;19-14-10-15(12-4-2-1-3-5-12)17-16(11-14)13-6-8-18(17)9-7-13;17-14-10-13(11-4-2-1-3-5-11)16-15(18-14)12-6-8-19(16)9-7-12;16-14-12-6-8-15(9-7-12)13(14)10-11-4-2-1-3-5-11;8-7(10)6-9-4-2-1-3-5-9;9-7-5-8-3-1-6(7)2-4-8;8-6-7-4-2-1-3-5-7;1-2-4-6-5-3-1;3-1-2(4)5;;;1-4(2)3;;;1-2;;;/h1-5,10,13H,6-9,11,18H2;1-5,10,13H,6-9,11H2;1-5,10,12H,6-9H2;1-5,10,12H,6-9H2;1-5H,6H2,(H-,8,10);6H,1-5H2;1-6H;1-5H;1H2,(H2,4,5);2*1H4;;1H;;1-2H2;;1H2;/q;;;;;;;;;;;;;;;+1;;-1/p-1/b;;;13-10-;;;;;;;;;;;;;;/i;;;;;;;;;;;;;;;;;1+1. The van der Waals surface area contributed by atoms with Crippen molar-refractivity contribution in [3.8, 4) is 22.3 Å². The van der Waals surface area contributed by atoms with Gasteiger partial charge in [-0.2, -0.15) is 4.57 Å². The second kappa shape index (κ2) is 55.5. The Morgan fingerprint density at radius 3 is 1.34 bits per heavy atom. The first-order valence-electron chi connectivity index (χ1n) is 40.1. The number of fused-ring (bicyclic) bond motifs is 12. The number of piperidine rings is 9. The quantitative estimate of drug-likeness (QED) is 0.0103. The van der Waals surface area contributed by atoms with Crippen molar-refractivity contribution < 1.29 is 86.4 Å². The first kappa shape index (κ1) is 106. The molecule has 0 unspecified atom stereocenters. The maximum Gasteiger partial charge on any atom is 1.00 e. The molecule has 654 valence electrons. The fraction of sp³-hybridized carbons (Fsp3) is 0.340. The Balaban J connectivity index is 0.000000368. The third-order valence-electron chi connectivity index (χ3n) is 22.2. The number of carbonyl (C=O) groups is 6. The second-order valence-corrected chi connectivity index (χ2v) is 32.9. The number of hydrazine groups is 1. The summed E-state index contributed by atoms with van der Waals surface area (Å²) in [5.41, 5.74) is 34.4. The number of primary amides is 2. The molecule has 0 saturated carbocycles. The molecule has 10 bridgehead atoms. The van der Waals surface area contributed by atoms with Gasteiger partial charge in [-0.15, -0.1) is 11.6 Å². The number of anilines is 2. The van der Waals surface area contributed by atoms with Crippen LogP contribution in [0, 0.1) is 17.8 Å². The number of nitrogens with zero attached hydrogens (tertiary/aromatic N) is 9. The molecule has 0 atom stereocenters. The van der Waals surface area contributed by atoms with E-state index in [9.17, 15) is 28.8 Å². The average molecular weight is 2070 g/mol. The molecule has 15 aliphatic heterocycles. The Kier molecular flexibility index (Phi) is 47.6. The molecule has 16 aliphatic rings. The Hall–Kier alpha value is -9.86. The molecule has 11 N–H and O–H groups in total. The van der Waals surface area contributed by atoms with E-state index in [4.69, 9.17) is 43.9 Å². The number of hydrogen-bond acceptors (Lipinski definition) is 19. The fourth-order valence-corrected chi connectivity index (χ4v) is 16.8. The van der Waals surface area contributed by atoms with E-state index in [0.717, 1.165) is 119 Å². The number of allylic oxidation sites excluding steroid dienone is 4. The average Bonchev–Trinajstić information content (AvgIpc) is 0.758. The molecule has 22 nitrogen and oxygen atoms in total. The van der Waals surface area contributed by atoms with E-state index in [0.29, 0.717) is 59.3 Å². The molecular weight excluding hydrogens is 1950 g/mol. The number of hydrogen-bond donors (Lipinski definition) is 5. The van der Waals surface area contributed by atoms with E-state index in [2.05, 4.69) is 146 Å². The monoisotopic (exact) mass is 2070 g/mol. The van der Waals surface area contributed by atoms with Crippen LogP contribution in [0.1, 0.15) is 137 Å². The van der Waals surface area contributed by atoms with Gasteiger partial charge in [-0.05, 0) is 147 Å². The number of halogens is 5. The molecule has 4 aromatic heterocycles. The molecule has 5 aromatic carbocycles. The Bertz CT molecular complexity index is 4840. The van der Waals surface area contributed by atoms with Crippen LogP contribution in [0.4, 0.5) is 11.4 Å². The smallest absolute Gasteiger partial charge is 1.00 e. The maximum absolute atomic E-state index is 12.1. The van der Waals surface area contributed by atoms with Crippen LogP contribution in [0.3, 0.4) is 0 Å². The van der Waals surface area contributed by atoms with Gasteiger partial charge in [-0.3, -0.25) is 55.3 Å². The van der Waals surface area contributed by atoms with Gasteiger partial charge in [0.15, 0.2) is 24.0 Å². The third-order valence-corrected chi connectivity index (χ3v) is 22.6. The molecule has 2 amide bonds. The number of aldehydes is 1. The van der Waals surface area contributed by atoms with Gasteiger partial charge in [-0.25, -0.2) is 9.19 Å². The predicted molar refractivity (Wildman–Crippen MR) is 490 cm³/mol. The van der Waals surface area contributed by atoms with Crippen LogP contribution in [0.2, 0.25) is 5.15 Å². The summed E-state index contributed by atoms with van der Waals surface area (Å²) in [4.78, 5) is 90.2. The zero-order valence-corrected chi connectivity index (χ0v) is 81.9. The molecular formula is C94H115Cl5DbN14NaO8S-. The molecule has 0 radical (unpaired) electrons. The topological polar surface area (TPSA) is 338 Å². The summed E-state index contributed by atoms with van der Waals surface area (Å²) in [7, 11) is 7.36. The van der Waals surface area contributed by atoms with E-state index >= 15 is 0 Å². The van der Waals surface area contributed by atoms with E-state index in [-0.39, 0.29) is 87.8 Å². The number of pyridine rings is 4. The van der Waals surface area contributed by atoms with Crippen molar-refractivity contribution in [1.82, 2.24) is 29.7 Å². The van der Waals surface area contributed by atoms with Gasteiger partial charge >= 0.3 is 29.6 Å². The summed E-state index contributed by atoms with van der Waals surface area (Å²) in [6.07, 6.45) is 24.2. The summed E-state index contributed by atoms with van der Waals surface area (Å²) in [6, 6.07) is 66.1. The number of aromatic nitrogens is 4. The van der Waals surface area contributed by atoms with Crippen molar-refractivity contribution in [2.45, 2.75) is 110 Å². The maximum atomic E-state index is 12.1. The number of rotatable bonds is 9. The summed E-state index contributed by atoms with van der Waals surface area (Å²) in [5, 5.41) is 0.617. The largest absolute Gasteiger partial charge is 1.00 e. The van der Waals surface area contributed by atoms with E-state index in [1.165, 1.54) is 113 Å². The number of amides is 2. The molecule has 19 heterocycles. The molecule has 9 saturated heterocycles. The van der Waals surface area contributed by atoms with Gasteiger partial charge in [-0.1, -0.05) is 190 Å². The van der Waals surface area contributed by atoms with E-state index in [1.807, 2.05) is 127 Å². The number of carbonyl (C=O) groups excluding carboxylic acids is 6. The summed E-state index contributed by atoms with van der Waals surface area (Å²) in [5.74, 6) is 10.8. The van der Waals surface area contributed by atoms with Crippen molar-refractivity contribution in [2.24, 2.45) is 46.6 Å². The van der Waals surface area contributed by atoms with E-state index < -0.39 is 15.1 Å². The normalized spacial score (nSPS) is 17.3. The van der Waals surface area contributed by atoms with Gasteiger partial charge in [0.25, 0.3) is 5.91 Å². The molecule has 9 aromatic rings. The van der Waals surface area contributed by atoms with Crippen LogP contribution >= 0.6 is 44.6 Å². The van der Waals surface area contributed by atoms with Crippen LogP contribution in [0.5, 0.6) is 0 Å². The van der Waals surface area contributed by atoms with Crippen LogP contribution in [-0.4, -0.2) is 153 Å². The van der Waals surface area contributed by atoms with Gasteiger partial charge in [0.1, 0.15) is 23.1 Å². The number of Topliss-reactive ketones (excluding diaryl/α,β-unsaturated/α-hetero) is 2. The molecule has 124 heavy (non-hydrogen) atoms. The molecule has 0 spiro atoms. The zero-order valence-electron chi connectivity index (χ0n) is 69.9. The SMILES string of the molecule is C.C.Clc1cc(-c2ccccc2)c2c(n1)C1CCN2CC1.NC(=O)CCl.NC(=O)C[n+]1ccccc1.NCc1cc(-c2ccccc2)c2c(n1)C1CCN2CC1.NN.O=C1/C(=C/c2ccccc2)N2CCC1CC2.O=C1C=C(c2ccccc2)C2=C(C1)C1CCN2CC1.O=C1CN2CCC1CC2.O=Cc1ccccc1.O=S(Cl)Cl.[2H-].[Cl-].[Db].[Na+].[OH-].c1ccncc1. The van der Waals surface area contributed by atoms with Crippen molar-refractivity contribution in [3.05, 3.63) is 287 Å². The second-order valence-electron chi connectivity index (χ2n) is 29.7. The summed E-state index contributed by atoms with van der Waals surface area (Å²) < 4.78 is 10.8. The van der Waals surface area contributed by atoms with Crippen LogP contribution < -0.4 is 85.2 Å². The Morgan fingerprint density at radius 1 is 0.540 bits per heavy atom. The first-order chi connectivity index (χ1) is 57.4. The number of ketones is 3. The summed E-state index contributed by atoms with van der Waals surface area (Å²) >= 11 is 11.1. The molecule has 1 aliphatic carbocycles.